The fourth-order valence-corrected chi connectivity index (χ4v) is 1.39. The first-order valence-electron chi connectivity index (χ1n) is 4.30. The Kier molecular flexibility index (Phi) is 3.24. The summed E-state index contributed by atoms with van der Waals surface area (Å²) in [5.74, 6) is -2.34. The van der Waals surface area contributed by atoms with Gasteiger partial charge in [-0.2, -0.15) is 0 Å². The summed E-state index contributed by atoms with van der Waals surface area (Å²) in [7, 11) is 0.325. The van der Waals surface area contributed by atoms with E-state index in [2.05, 4.69) is 5.23 Å². The van der Waals surface area contributed by atoms with Crippen molar-refractivity contribution in [1.29, 1.82) is 0 Å². The van der Waals surface area contributed by atoms with Crippen molar-refractivity contribution in [3.05, 3.63) is 0 Å². The Bertz CT molecular complexity index is 281. The van der Waals surface area contributed by atoms with Gasteiger partial charge < -0.3 is 16.1 Å². The normalized spacial score (nSPS) is 23.6. The fraction of sp³-hybridized carbons (Fsp3) is 0.571. The van der Waals surface area contributed by atoms with Crippen LogP contribution in [0.1, 0.15) is 12.8 Å². The lowest BCUT2D eigenvalue weighted by atomic mass is 9.66. The molecule has 2 atom stereocenters. The number of hydrogen-bond donors (Lipinski definition) is 3. The third-order valence-corrected chi connectivity index (χ3v) is 2.18. The van der Waals surface area contributed by atoms with Crippen LogP contribution in [0, 0.1) is 0 Å². The highest BCUT2D eigenvalue weighted by Gasteiger charge is 2.29. The molecule has 1 fully saturated rings. The van der Waals surface area contributed by atoms with E-state index in [1.165, 1.54) is 0 Å². The minimum Gasteiger partial charge on any atom is -0.480 e. The fourth-order valence-electron chi connectivity index (χ4n) is 1.39. The van der Waals surface area contributed by atoms with Gasteiger partial charge in [-0.25, -0.2) is 0 Å². The second kappa shape index (κ2) is 4.23. The number of carboxylic acids is 1. The van der Waals surface area contributed by atoms with Crippen LogP contribution in [0.5, 0.6) is 0 Å². The van der Waals surface area contributed by atoms with Gasteiger partial charge in [0, 0.05) is 6.42 Å². The van der Waals surface area contributed by atoms with E-state index in [0.717, 1.165) is 0 Å². The van der Waals surface area contributed by atoms with Crippen LogP contribution < -0.4 is 11.0 Å². The standard InChI is InChI=1S/C7H11BN2O4/c9-4(7(13)14)1-3-2-5(11)6(12)10-8-3/h3-4,8H,1-2,9H2,(H,10,12)(H,13,14). The number of nitrogens with one attached hydrogen (secondary N) is 1. The van der Waals surface area contributed by atoms with E-state index in [-0.39, 0.29) is 18.7 Å². The summed E-state index contributed by atoms with van der Waals surface area (Å²) < 4.78 is 0. The van der Waals surface area contributed by atoms with Crippen LogP contribution in [-0.4, -0.2) is 36.2 Å². The molecule has 0 aromatic heterocycles. The number of carbonyl (C=O) groups excluding carboxylic acids is 2. The Morgan fingerprint density at radius 3 is 2.86 bits per heavy atom. The van der Waals surface area contributed by atoms with Crippen molar-refractivity contribution in [2.24, 2.45) is 5.73 Å². The summed E-state index contributed by atoms with van der Waals surface area (Å²) in [4.78, 5) is 32.1. The number of hydrogen-bond acceptors (Lipinski definition) is 4. The van der Waals surface area contributed by atoms with Crippen LogP contribution in [0.25, 0.3) is 0 Å². The molecule has 0 saturated carbocycles. The van der Waals surface area contributed by atoms with E-state index < -0.39 is 23.7 Å². The summed E-state index contributed by atoms with van der Waals surface area (Å²) in [6, 6.07) is -0.970. The molecule has 0 aromatic rings. The Labute approximate surface area is 81.1 Å². The largest absolute Gasteiger partial charge is 0.480 e. The van der Waals surface area contributed by atoms with Crippen molar-refractivity contribution >= 4 is 25.1 Å². The topological polar surface area (TPSA) is 109 Å². The van der Waals surface area contributed by atoms with Gasteiger partial charge in [-0.3, -0.25) is 14.4 Å². The molecule has 0 spiro atoms. The van der Waals surface area contributed by atoms with Crippen LogP contribution in [0.2, 0.25) is 5.82 Å². The van der Waals surface area contributed by atoms with Crippen molar-refractivity contribution in [3.8, 4) is 0 Å². The van der Waals surface area contributed by atoms with E-state index in [9.17, 15) is 14.4 Å². The van der Waals surface area contributed by atoms with Crippen molar-refractivity contribution in [2.75, 3.05) is 0 Å². The molecule has 6 nitrogen and oxygen atoms in total. The van der Waals surface area contributed by atoms with Gasteiger partial charge in [0.1, 0.15) is 6.04 Å². The first kappa shape index (κ1) is 10.7. The van der Waals surface area contributed by atoms with E-state index in [1.54, 1.807) is 0 Å². The predicted octanol–water partition coefficient (Wildman–Crippen LogP) is -1.98. The number of aliphatic carboxylic acids is 1. The number of amides is 1. The lowest BCUT2D eigenvalue weighted by Crippen LogP contribution is -2.44. The Balaban J connectivity index is 2.44. The number of ketones is 1. The number of Topliss-reactive ketones (excluding diaryl/α,β-unsaturated/α-hetero) is 1. The van der Waals surface area contributed by atoms with Gasteiger partial charge in [0.05, 0.1) is 0 Å². The van der Waals surface area contributed by atoms with Gasteiger partial charge in [-0.15, -0.1) is 0 Å². The molecular formula is C7H11BN2O4. The van der Waals surface area contributed by atoms with Crippen LogP contribution in [0.3, 0.4) is 0 Å². The van der Waals surface area contributed by atoms with Crippen LogP contribution >= 0.6 is 0 Å². The van der Waals surface area contributed by atoms with Gasteiger partial charge in [0.2, 0.25) is 13.2 Å². The smallest absolute Gasteiger partial charge is 0.320 e. The van der Waals surface area contributed by atoms with E-state index in [1.807, 2.05) is 0 Å². The molecule has 1 aliphatic rings. The molecule has 4 N–H and O–H groups in total. The first-order chi connectivity index (χ1) is 6.50. The molecule has 0 aliphatic carbocycles. The zero-order valence-corrected chi connectivity index (χ0v) is 7.53. The summed E-state index contributed by atoms with van der Waals surface area (Å²) in [5, 5.41) is 10.9. The van der Waals surface area contributed by atoms with E-state index in [0.29, 0.717) is 7.41 Å². The third-order valence-electron chi connectivity index (χ3n) is 2.18. The van der Waals surface area contributed by atoms with Crippen LogP contribution in [-0.2, 0) is 14.4 Å². The average molecular weight is 198 g/mol. The SMILES string of the molecule is NC(CC1BNC(=O)C(=O)C1)C(=O)O. The monoisotopic (exact) mass is 198 g/mol. The maximum Gasteiger partial charge on any atom is 0.320 e. The van der Waals surface area contributed by atoms with Crippen LogP contribution in [0.15, 0.2) is 0 Å². The minimum atomic E-state index is -1.09. The molecule has 0 radical (unpaired) electrons. The maximum absolute atomic E-state index is 11.0. The van der Waals surface area contributed by atoms with Crippen molar-refractivity contribution in [1.82, 2.24) is 5.23 Å². The zero-order valence-electron chi connectivity index (χ0n) is 7.53. The van der Waals surface area contributed by atoms with Crippen molar-refractivity contribution in [2.45, 2.75) is 24.7 Å². The number of carboxylic acid groups (broad SMARTS) is 1. The average Bonchev–Trinajstić information content (AvgIpc) is 2.11. The maximum atomic E-state index is 11.0. The number of rotatable bonds is 3. The minimum absolute atomic E-state index is 0.0901. The van der Waals surface area contributed by atoms with Crippen LogP contribution in [0.4, 0.5) is 0 Å². The molecular weight excluding hydrogens is 187 g/mol. The highest BCUT2D eigenvalue weighted by Crippen LogP contribution is 2.18. The molecule has 1 heterocycles. The molecule has 1 rings (SSSR count). The van der Waals surface area contributed by atoms with Crippen molar-refractivity contribution < 1.29 is 19.5 Å². The lowest BCUT2D eigenvalue weighted by Gasteiger charge is -2.21. The summed E-state index contributed by atoms with van der Waals surface area (Å²) >= 11 is 0. The Hall–Kier alpha value is -1.37. The summed E-state index contributed by atoms with van der Waals surface area (Å²) in [5.41, 5.74) is 5.30. The molecule has 1 aliphatic heterocycles. The molecule has 7 heteroatoms. The highest BCUT2D eigenvalue weighted by molar-refractivity contribution is 6.53. The van der Waals surface area contributed by atoms with Gasteiger partial charge >= 0.3 is 5.97 Å². The third kappa shape index (κ3) is 2.56. The molecule has 76 valence electrons. The number of nitrogens with two attached hydrogens (primary N) is 1. The quantitative estimate of drug-likeness (QED) is 0.359. The number of carbonyl (C=O) groups is 3. The molecule has 14 heavy (non-hydrogen) atoms. The highest BCUT2D eigenvalue weighted by atomic mass is 16.4. The van der Waals surface area contributed by atoms with Gasteiger partial charge in [0.15, 0.2) is 0 Å². The van der Waals surface area contributed by atoms with E-state index in [4.69, 9.17) is 10.8 Å². The molecule has 0 aromatic carbocycles. The van der Waals surface area contributed by atoms with Gasteiger partial charge in [-0.05, 0) is 12.2 Å². The lowest BCUT2D eigenvalue weighted by molar-refractivity contribution is -0.139. The molecule has 0 bridgehead atoms. The zero-order chi connectivity index (χ0) is 10.7. The summed E-state index contributed by atoms with van der Waals surface area (Å²) in [6.45, 7) is 0. The predicted molar refractivity (Wildman–Crippen MR) is 48.9 cm³/mol. The Morgan fingerprint density at radius 2 is 2.36 bits per heavy atom. The van der Waals surface area contributed by atoms with Gasteiger partial charge in [0.25, 0.3) is 5.91 Å². The summed E-state index contributed by atoms with van der Waals surface area (Å²) in [6.07, 6.45) is 0.300. The molecule has 1 amide bonds. The second-order valence-electron chi connectivity index (χ2n) is 3.38. The Morgan fingerprint density at radius 1 is 1.71 bits per heavy atom. The molecule has 2 unspecified atom stereocenters. The van der Waals surface area contributed by atoms with Crippen molar-refractivity contribution in [3.63, 3.8) is 0 Å². The second-order valence-corrected chi connectivity index (χ2v) is 3.38. The molecule has 1 saturated heterocycles. The van der Waals surface area contributed by atoms with E-state index >= 15 is 0 Å². The first-order valence-corrected chi connectivity index (χ1v) is 4.30. The van der Waals surface area contributed by atoms with Gasteiger partial charge in [-0.1, -0.05) is 0 Å².